The van der Waals surface area contributed by atoms with Gasteiger partial charge in [-0.3, -0.25) is 9.52 Å². The van der Waals surface area contributed by atoms with Gasteiger partial charge in [0, 0.05) is 18.8 Å². The maximum absolute atomic E-state index is 13.5. The van der Waals surface area contributed by atoms with Gasteiger partial charge in [0.15, 0.2) is 6.61 Å². The third-order valence-electron chi connectivity index (χ3n) is 5.68. The Labute approximate surface area is 210 Å². The Morgan fingerprint density at radius 2 is 1.78 bits per heavy atom. The summed E-state index contributed by atoms with van der Waals surface area (Å²) in [6.45, 7) is 1.23. The number of carbonyl (C=O) groups is 1. The van der Waals surface area contributed by atoms with Gasteiger partial charge in [0.05, 0.1) is 30.1 Å². The topological polar surface area (TPSA) is 121 Å². The van der Waals surface area contributed by atoms with E-state index < -0.39 is 15.9 Å². The summed E-state index contributed by atoms with van der Waals surface area (Å²) in [4.78, 5) is 14.6. The van der Waals surface area contributed by atoms with Gasteiger partial charge < -0.3 is 19.7 Å². The van der Waals surface area contributed by atoms with E-state index in [0.29, 0.717) is 34.1 Å². The number of hydrogen-bond acceptors (Lipinski definition) is 7. The molecule has 1 heterocycles. The first-order valence-electron chi connectivity index (χ1n) is 11.4. The summed E-state index contributed by atoms with van der Waals surface area (Å²) in [7, 11) is -2.54. The largest absolute Gasteiger partial charge is 0.495 e. The number of hydrogen-bond donors (Lipinski definition) is 2. The molecule has 10 heteroatoms. The fraction of sp³-hybridized carbons (Fsp3) is 0.231. The van der Waals surface area contributed by atoms with Crippen LogP contribution in [0.5, 0.6) is 11.5 Å². The molecule has 0 aliphatic carbocycles. The average molecular weight is 507 g/mol. The number of para-hydroxylation sites is 2. The molecule has 0 unspecified atom stereocenters. The third-order valence-corrected chi connectivity index (χ3v) is 7.08. The van der Waals surface area contributed by atoms with Crippen LogP contribution < -0.4 is 24.4 Å². The predicted octanol–water partition coefficient (Wildman–Crippen LogP) is 3.99. The van der Waals surface area contributed by atoms with Crippen LogP contribution in [0.15, 0.2) is 71.6 Å². The maximum atomic E-state index is 13.5. The molecule has 0 radical (unpaired) electrons. The van der Waals surface area contributed by atoms with E-state index in [4.69, 9.17) is 14.7 Å². The second-order valence-electron chi connectivity index (χ2n) is 8.16. The highest BCUT2D eigenvalue weighted by atomic mass is 32.2. The highest BCUT2D eigenvalue weighted by Gasteiger charge is 2.25. The summed E-state index contributed by atoms with van der Waals surface area (Å²) >= 11 is 0. The number of carbonyl (C=O) groups excluding carboxylic acids is 1. The molecule has 2 N–H and O–H groups in total. The molecular weight excluding hydrogens is 480 g/mol. The molecule has 1 aliphatic heterocycles. The molecule has 1 aliphatic rings. The molecule has 36 heavy (non-hydrogen) atoms. The van der Waals surface area contributed by atoms with Gasteiger partial charge in [-0.1, -0.05) is 12.1 Å². The number of nitriles is 1. The Morgan fingerprint density at radius 1 is 1.06 bits per heavy atom. The van der Waals surface area contributed by atoms with Crippen LogP contribution in [0.1, 0.15) is 18.4 Å². The molecule has 3 aromatic carbocycles. The molecule has 4 rings (SSSR count). The van der Waals surface area contributed by atoms with Crippen molar-refractivity contribution in [1.29, 1.82) is 5.26 Å². The second-order valence-corrected chi connectivity index (χ2v) is 9.81. The van der Waals surface area contributed by atoms with Crippen molar-refractivity contribution in [2.75, 3.05) is 41.7 Å². The normalized spacial score (nSPS) is 13.1. The molecule has 1 fully saturated rings. The van der Waals surface area contributed by atoms with Crippen LogP contribution in [-0.2, 0) is 14.8 Å². The van der Waals surface area contributed by atoms with Crippen molar-refractivity contribution in [1.82, 2.24) is 0 Å². The number of rotatable bonds is 9. The molecule has 0 aromatic heterocycles. The Morgan fingerprint density at radius 3 is 2.47 bits per heavy atom. The van der Waals surface area contributed by atoms with Gasteiger partial charge in [-0.25, -0.2) is 8.42 Å². The number of methoxy groups -OCH3 is 1. The van der Waals surface area contributed by atoms with Crippen LogP contribution in [0, 0.1) is 11.3 Å². The zero-order valence-electron chi connectivity index (χ0n) is 19.7. The first-order chi connectivity index (χ1) is 17.4. The smallest absolute Gasteiger partial charge is 0.264 e. The highest BCUT2D eigenvalue weighted by Crippen LogP contribution is 2.34. The van der Waals surface area contributed by atoms with Crippen LogP contribution in [-0.4, -0.2) is 41.1 Å². The lowest BCUT2D eigenvalue weighted by molar-refractivity contribution is -0.118. The molecule has 186 valence electrons. The summed E-state index contributed by atoms with van der Waals surface area (Å²) in [5, 5.41) is 11.6. The molecule has 1 saturated heterocycles. The van der Waals surface area contributed by atoms with E-state index in [2.05, 4.69) is 10.0 Å². The molecule has 0 bridgehead atoms. The average Bonchev–Trinajstić information content (AvgIpc) is 3.43. The molecule has 0 atom stereocenters. The van der Waals surface area contributed by atoms with Gasteiger partial charge >= 0.3 is 0 Å². The SMILES string of the molecule is COc1ccccc1NS(=O)(=O)c1cc(NC(=O)COc2ccc(C#N)cc2)ccc1N1CCCC1. The number of amides is 1. The Balaban J connectivity index is 1.55. The van der Waals surface area contributed by atoms with Crippen LogP contribution in [0.3, 0.4) is 0 Å². The summed E-state index contributed by atoms with van der Waals surface area (Å²) < 4.78 is 40.4. The Bertz CT molecular complexity index is 1380. The van der Waals surface area contributed by atoms with E-state index in [9.17, 15) is 13.2 Å². The minimum Gasteiger partial charge on any atom is -0.495 e. The fourth-order valence-corrected chi connectivity index (χ4v) is 5.25. The summed E-state index contributed by atoms with van der Waals surface area (Å²) in [6, 6.07) is 20.0. The summed E-state index contributed by atoms with van der Waals surface area (Å²) in [5.74, 6) is 0.389. The van der Waals surface area contributed by atoms with Crippen molar-refractivity contribution >= 4 is 33.0 Å². The van der Waals surface area contributed by atoms with E-state index in [1.165, 1.54) is 13.2 Å². The van der Waals surface area contributed by atoms with Crippen molar-refractivity contribution in [2.24, 2.45) is 0 Å². The molecule has 0 spiro atoms. The van der Waals surface area contributed by atoms with Crippen molar-refractivity contribution < 1.29 is 22.7 Å². The van der Waals surface area contributed by atoms with Crippen molar-refractivity contribution in [3.05, 3.63) is 72.3 Å². The van der Waals surface area contributed by atoms with Crippen LogP contribution in [0.2, 0.25) is 0 Å². The van der Waals surface area contributed by atoms with Crippen LogP contribution in [0.25, 0.3) is 0 Å². The van der Waals surface area contributed by atoms with Crippen molar-refractivity contribution in [2.45, 2.75) is 17.7 Å². The monoisotopic (exact) mass is 506 g/mol. The van der Waals surface area contributed by atoms with Gasteiger partial charge in [0.1, 0.15) is 16.4 Å². The number of benzene rings is 3. The van der Waals surface area contributed by atoms with E-state index >= 15 is 0 Å². The maximum Gasteiger partial charge on any atom is 0.264 e. The second kappa shape index (κ2) is 11.0. The first-order valence-corrected chi connectivity index (χ1v) is 12.9. The Kier molecular flexibility index (Phi) is 7.61. The number of ether oxygens (including phenoxy) is 2. The summed E-state index contributed by atoms with van der Waals surface area (Å²) in [6.07, 6.45) is 1.95. The minimum atomic E-state index is -4.01. The molecule has 9 nitrogen and oxygen atoms in total. The number of anilines is 3. The van der Waals surface area contributed by atoms with Crippen LogP contribution >= 0.6 is 0 Å². The van der Waals surface area contributed by atoms with Gasteiger partial charge in [0.2, 0.25) is 0 Å². The molecule has 1 amide bonds. The first kappa shape index (κ1) is 24.9. The minimum absolute atomic E-state index is 0.0566. The van der Waals surface area contributed by atoms with Gasteiger partial charge in [-0.15, -0.1) is 0 Å². The van der Waals surface area contributed by atoms with E-state index in [0.717, 1.165) is 25.9 Å². The fourth-order valence-electron chi connectivity index (χ4n) is 3.93. The van der Waals surface area contributed by atoms with Gasteiger partial charge in [0.25, 0.3) is 15.9 Å². The van der Waals surface area contributed by atoms with Crippen LogP contribution in [0.4, 0.5) is 17.1 Å². The standard InChI is InChI=1S/C26H26N4O5S/c1-34-24-7-3-2-6-22(24)29-36(32,33)25-16-20(10-13-23(25)30-14-4-5-15-30)28-26(31)18-35-21-11-8-19(17-27)9-12-21/h2-3,6-13,16,29H,4-5,14-15,18H2,1H3,(H,28,31). The quantitative estimate of drug-likeness (QED) is 0.450. The third kappa shape index (κ3) is 5.87. The van der Waals surface area contributed by atoms with Crippen molar-refractivity contribution in [3.8, 4) is 17.6 Å². The summed E-state index contributed by atoms with van der Waals surface area (Å²) in [5.41, 5.74) is 1.70. The number of nitrogens with zero attached hydrogens (tertiary/aromatic N) is 2. The molecular formula is C26H26N4O5S. The van der Waals surface area contributed by atoms with E-state index in [1.54, 1.807) is 60.7 Å². The van der Waals surface area contributed by atoms with E-state index in [-0.39, 0.29) is 11.5 Å². The lowest BCUT2D eigenvalue weighted by Crippen LogP contribution is -2.24. The number of nitrogens with one attached hydrogen (secondary N) is 2. The lowest BCUT2D eigenvalue weighted by Gasteiger charge is -2.23. The van der Waals surface area contributed by atoms with Crippen molar-refractivity contribution in [3.63, 3.8) is 0 Å². The number of sulfonamides is 1. The molecule has 3 aromatic rings. The van der Waals surface area contributed by atoms with E-state index in [1.807, 2.05) is 11.0 Å². The molecule has 0 saturated carbocycles. The van der Waals surface area contributed by atoms with Gasteiger partial charge in [-0.05, 0) is 67.4 Å². The zero-order valence-corrected chi connectivity index (χ0v) is 20.5. The zero-order chi connectivity index (χ0) is 25.5. The van der Waals surface area contributed by atoms with Gasteiger partial charge in [-0.2, -0.15) is 5.26 Å². The highest BCUT2D eigenvalue weighted by molar-refractivity contribution is 7.93. The lowest BCUT2D eigenvalue weighted by atomic mass is 10.2. The predicted molar refractivity (Wildman–Crippen MR) is 137 cm³/mol. The Hall–Kier alpha value is -4.23.